The average Bonchev–Trinajstić information content (AvgIpc) is 2.94. The summed E-state index contributed by atoms with van der Waals surface area (Å²) in [5.74, 6) is -0.731. The summed E-state index contributed by atoms with van der Waals surface area (Å²) in [6.45, 7) is 10.4. The molecule has 11 heteroatoms. The van der Waals surface area contributed by atoms with Gasteiger partial charge >= 0.3 is 11.8 Å². The molecule has 222 valence electrons. The molecule has 3 N–H and O–H groups in total. The van der Waals surface area contributed by atoms with E-state index in [0.717, 1.165) is 28.8 Å². The molecule has 42 heavy (non-hydrogen) atoms. The summed E-state index contributed by atoms with van der Waals surface area (Å²) in [6.07, 6.45) is 2.24. The largest absolute Gasteiger partial charge is 0.494 e. The highest BCUT2D eigenvalue weighted by atomic mass is 79.9. The number of carbonyl (C=O) groups is 3. The molecule has 3 amide bonds. The van der Waals surface area contributed by atoms with E-state index in [-0.39, 0.29) is 12.5 Å². The predicted molar refractivity (Wildman–Crippen MR) is 167 cm³/mol. The van der Waals surface area contributed by atoms with Gasteiger partial charge in [-0.2, -0.15) is 5.10 Å². The van der Waals surface area contributed by atoms with Crippen LogP contribution in [0.3, 0.4) is 0 Å². The van der Waals surface area contributed by atoms with Gasteiger partial charge in [0.05, 0.1) is 23.9 Å². The van der Waals surface area contributed by atoms with E-state index >= 15 is 0 Å². The minimum absolute atomic E-state index is 0.238. The van der Waals surface area contributed by atoms with Crippen molar-refractivity contribution in [2.24, 2.45) is 5.10 Å². The summed E-state index contributed by atoms with van der Waals surface area (Å²) < 4.78 is 17.5. The second kappa shape index (κ2) is 15.6. The number of amides is 3. The van der Waals surface area contributed by atoms with Gasteiger partial charge in [0.2, 0.25) is 0 Å². The Kier molecular flexibility index (Phi) is 11.9. The molecule has 0 aliphatic carbocycles. The lowest BCUT2D eigenvalue weighted by atomic mass is 10.1. The first kappa shape index (κ1) is 32.1. The highest BCUT2D eigenvalue weighted by Gasteiger charge is 2.16. The van der Waals surface area contributed by atoms with Crippen molar-refractivity contribution >= 4 is 51.2 Å². The van der Waals surface area contributed by atoms with E-state index < -0.39 is 11.8 Å². The normalized spacial score (nSPS) is 10.7. The summed E-state index contributed by atoms with van der Waals surface area (Å²) in [7, 11) is 0. The Morgan fingerprint density at radius 3 is 2.21 bits per heavy atom. The van der Waals surface area contributed by atoms with Crippen LogP contribution >= 0.6 is 15.9 Å². The SMILES string of the molecule is CCCOc1ccc(NC(=O)C(=O)N/N=C\c2cc(Br)c(OCC(=O)Nc3c(C)cc(C)cc3C)c(OCC)c2)cc1. The number of hydrazone groups is 1. The number of aryl methyl sites for hydroxylation is 3. The molecule has 0 spiro atoms. The first-order valence-electron chi connectivity index (χ1n) is 13.4. The van der Waals surface area contributed by atoms with Gasteiger partial charge in [-0.15, -0.1) is 0 Å². The Morgan fingerprint density at radius 1 is 0.881 bits per heavy atom. The molecule has 3 aromatic rings. The van der Waals surface area contributed by atoms with Crippen molar-refractivity contribution in [3.63, 3.8) is 0 Å². The molecule has 10 nitrogen and oxygen atoms in total. The molecule has 0 fully saturated rings. The number of rotatable bonds is 12. The van der Waals surface area contributed by atoms with Crippen LogP contribution in [0.5, 0.6) is 17.2 Å². The number of anilines is 2. The molecule has 0 aromatic heterocycles. The second-order valence-corrected chi connectivity index (χ2v) is 10.3. The molecule has 0 saturated heterocycles. The first-order chi connectivity index (χ1) is 20.1. The second-order valence-electron chi connectivity index (χ2n) is 9.40. The molecule has 0 radical (unpaired) electrons. The van der Waals surface area contributed by atoms with Crippen molar-refractivity contribution in [1.29, 1.82) is 0 Å². The smallest absolute Gasteiger partial charge is 0.329 e. The number of hydrogen-bond donors (Lipinski definition) is 3. The summed E-state index contributed by atoms with van der Waals surface area (Å²) in [5, 5.41) is 9.30. The van der Waals surface area contributed by atoms with Crippen molar-refractivity contribution in [3.8, 4) is 17.2 Å². The summed E-state index contributed by atoms with van der Waals surface area (Å²) in [6, 6.07) is 14.0. The Balaban J connectivity index is 1.59. The molecule has 0 aliphatic heterocycles. The number of ether oxygens (including phenoxy) is 3. The van der Waals surface area contributed by atoms with Crippen LogP contribution in [-0.2, 0) is 14.4 Å². The Labute approximate surface area is 253 Å². The van der Waals surface area contributed by atoms with E-state index in [1.807, 2.05) is 46.8 Å². The number of nitrogens with one attached hydrogen (secondary N) is 3. The third kappa shape index (κ3) is 9.34. The molecular formula is C31H35BrN4O6. The van der Waals surface area contributed by atoms with E-state index in [0.29, 0.717) is 46.2 Å². The molecule has 3 rings (SSSR count). The summed E-state index contributed by atoms with van der Waals surface area (Å²) in [5.41, 5.74) is 7.02. The van der Waals surface area contributed by atoms with Crippen LogP contribution < -0.4 is 30.3 Å². The number of nitrogens with zero attached hydrogens (tertiary/aromatic N) is 1. The van der Waals surface area contributed by atoms with Gasteiger partial charge in [0.25, 0.3) is 5.91 Å². The van der Waals surface area contributed by atoms with Crippen LogP contribution in [0.2, 0.25) is 0 Å². The van der Waals surface area contributed by atoms with Crippen molar-refractivity contribution < 1.29 is 28.6 Å². The van der Waals surface area contributed by atoms with E-state index in [1.165, 1.54) is 6.21 Å². The van der Waals surface area contributed by atoms with Gasteiger partial charge in [0, 0.05) is 11.4 Å². The summed E-state index contributed by atoms with van der Waals surface area (Å²) >= 11 is 3.46. The average molecular weight is 640 g/mol. The van der Waals surface area contributed by atoms with Gasteiger partial charge in [0.1, 0.15) is 5.75 Å². The van der Waals surface area contributed by atoms with E-state index in [9.17, 15) is 14.4 Å². The lowest BCUT2D eigenvalue weighted by Crippen LogP contribution is -2.32. The van der Waals surface area contributed by atoms with Crippen molar-refractivity contribution in [2.75, 3.05) is 30.5 Å². The zero-order valence-corrected chi connectivity index (χ0v) is 25.9. The van der Waals surface area contributed by atoms with E-state index in [1.54, 1.807) is 36.4 Å². The fourth-order valence-corrected chi connectivity index (χ4v) is 4.59. The van der Waals surface area contributed by atoms with E-state index in [2.05, 4.69) is 37.1 Å². The van der Waals surface area contributed by atoms with Gasteiger partial charge in [-0.1, -0.05) is 24.6 Å². The maximum atomic E-state index is 12.7. The quantitative estimate of drug-likeness (QED) is 0.133. The van der Waals surface area contributed by atoms with E-state index in [4.69, 9.17) is 14.2 Å². The third-order valence-corrected chi connectivity index (χ3v) is 6.38. The van der Waals surface area contributed by atoms with Crippen LogP contribution in [0.15, 0.2) is 58.1 Å². The van der Waals surface area contributed by atoms with Crippen LogP contribution in [-0.4, -0.2) is 43.8 Å². The standard InChI is InChI=1S/C31H35BrN4O6/c1-6-12-41-24-10-8-23(9-11-24)34-30(38)31(39)36-33-17-22-15-25(32)29(26(16-22)40-7-2)42-18-27(37)35-28-20(4)13-19(3)14-21(28)5/h8-11,13-17H,6-7,12,18H2,1-5H3,(H,34,38)(H,35,37)(H,36,39)/b33-17-. The minimum atomic E-state index is -0.938. The zero-order chi connectivity index (χ0) is 30.6. The fraction of sp³-hybridized carbons (Fsp3) is 0.290. The molecule has 0 aliphatic rings. The lowest BCUT2D eigenvalue weighted by Gasteiger charge is -2.16. The van der Waals surface area contributed by atoms with Gasteiger partial charge in [-0.3, -0.25) is 14.4 Å². The van der Waals surface area contributed by atoms with Crippen LogP contribution in [0.25, 0.3) is 0 Å². The number of halogens is 1. The molecular weight excluding hydrogens is 604 g/mol. The Hall–Kier alpha value is -4.38. The lowest BCUT2D eigenvalue weighted by molar-refractivity contribution is -0.136. The maximum Gasteiger partial charge on any atom is 0.329 e. The zero-order valence-electron chi connectivity index (χ0n) is 24.3. The molecule has 0 bridgehead atoms. The molecule has 0 heterocycles. The number of hydrogen-bond acceptors (Lipinski definition) is 7. The van der Waals surface area contributed by atoms with Crippen LogP contribution in [0, 0.1) is 20.8 Å². The Bertz CT molecular complexity index is 1430. The topological polar surface area (TPSA) is 127 Å². The molecule has 0 unspecified atom stereocenters. The predicted octanol–water partition coefficient (Wildman–Crippen LogP) is 5.67. The van der Waals surface area contributed by atoms with Crippen molar-refractivity contribution in [2.45, 2.75) is 41.0 Å². The maximum absolute atomic E-state index is 12.7. The third-order valence-electron chi connectivity index (χ3n) is 5.79. The Morgan fingerprint density at radius 2 is 1.57 bits per heavy atom. The van der Waals surface area contributed by atoms with Crippen LogP contribution in [0.4, 0.5) is 11.4 Å². The van der Waals surface area contributed by atoms with Crippen molar-refractivity contribution in [1.82, 2.24) is 5.43 Å². The van der Waals surface area contributed by atoms with Crippen LogP contribution in [0.1, 0.15) is 42.5 Å². The molecule has 3 aromatic carbocycles. The fourth-order valence-electron chi connectivity index (χ4n) is 4.01. The van der Waals surface area contributed by atoms with Gasteiger partial charge < -0.3 is 24.8 Å². The molecule has 0 saturated carbocycles. The molecule has 0 atom stereocenters. The van der Waals surface area contributed by atoms with Crippen molar-refractivity contribution in [3.05, 3.63) is 75.3 Å². The van der Waals surface area contributed by atoms with Gasteiger partial charge in [0.15, 0.2) is 18.1 Å². The number of carbonyl (C=O) groups excluding carboxylic acids is 3. The highest BCUT2D eigenvalue weighted by molar-refractivity contribution is 9.10. The monoisotopic (exact) mass is 638 g/mol. The first-order valence-corrected chi connectivity index (χ1v) is 14.2. The number of benzene rings is 3. The van der Waals surface area contributed by atoms with Gasteiger partial charge in [-0.05, 0) is 103 Å². The van der Waals surface area contributed by atoms with Gasteiger partial charge in [-0.25, -0.2) is 5.43 Å². The highest BCUT2D eigenvalue weighted by Crippen LogP contribution is 2.36. The minimum Gasteiger partial charge on any atom is -0.494 e. The summed E-state index contributed by atoms with van der Waals surface area (Å²) in [4.78, 5) is 37.1.